The van der Waals surface area contributed by atoms with Crippen LogP contribution in [0.4, 0.5) is 0 Å². The molecule has 2 aliphatic rings. The topological polar surface area (TPSA) is 55.9 Å². The fourth-order valence-corrected chi connectivity index (χ4v) is 4.07. The number of likely N-dealkylation sites (tertiary alicyclic amines) is 1. The van der Waals surface area contributed by atoms with Gasteiger partial charge in [0.05, 0.1) is 18.6 Å². The van der Waals surface area contributed by atoms with E-state index in [1.54, 1.807) is 0 Å². The van der Waals surface area contributed by atoms with Gasteiger partial charge >= 0.3 is 0 Å². The summed E-state index contributed by atoms with van der Waals surface area (Å²) in [7, 11) is 0. The van der Waals surface area contributed by atoms with Gasteiger partial charge in [0.1, 0.15) is 0 Å². The highest BCUT2D eigenvalue weighted by atomic mass is 16.2. The molecule has 6 nitrogen and oxygen atoms in total. The summed E-state index contributed by atoms with van der Waals surface area (Å²) in [5, 5.41) is 3.12. The van der Waals surface area contributed by atoms with Crippen LogP contribution in [0.1, 0.15) is 44.7 Å². The first kappa shape index (κ1) is 20.8. The van der Waals surface area contributed by atoms with Crippen LogP contribution in [0.3, 0.4) is 0 Å². The number of piperidine rings is 1. The number of benzene rings is 1. The maximum absolute atomic E-state index is 12.7. The molecule has 0 aromatic heterocycles. The van der Waals surface area contributed by atoms with Crippen LogP contribution in [-0.2, 0) is 9.59 Å². The Labute approximate surface area is 168 Å². The number of carbonyl (C=O) groups is 2. The van der Waals surface area contributed by atoms with E-state index in [2.05, 4.69) is 15.1 Å². The van der Waals surface area contributed by atoms with Crippen molar-refractivity contribution in [3.05, 3.63) is 35.9 Å². The number of piperazine rings is 1. The van der Waals surface area contributed by atoms with Crippen molar-refractivity contribution < 1.29 is 9.59 Å². The molecule has 3 rings (SSSR count). The molecular formula is C22H34N4O2. The number of hydrogen-bond acceptors (Lipinski definition) is 4. The second-order valence-electron chi connectivity index (χ2n) is 8.07. The first-order valence-electron chi connectivity index (χ1n) is 10.6. The predicted octanol–water partition coefficient (Wildman–Crippen LogP) is 1.88. The minimum atomic E-state index is -0.161. The van der Waals surface area contributed by atoms with Crippen molar-refractivity contribution in [3.8, 4) is 0 Å². The quantitative estimate of drug-likeness (QED) is 0.811. The van der Waals surface area contributed by atoms with Crippen molar-refractivity contribution >= 4 is 11.8 Å². The Balaban J connectivity index is 1.42. The normalized spacial score (nSPS) is 21.1. The predicted molar refractivity (Wildman–Crippen MR) is 111 cm³/mol. The molecule has 1 N–H and O–H groups in total. The van der Waals surface area contributed by atoms with E-state index < -0.39 is 0 Å². The van der Waals surface area contributed by atoms with Crippen LogP contribution in [0, 0.1) is 0 Å². The average molecular weight is 387 g/mol. The third kappa shape index (κ3) is 5.55. The van der Waals surface area contributed by atoms with E-state index in [1.165, 1.54) is 6.42 Å². The van der Waals surface area contributed by atoms with Gasteiger partial charge in [-0.2, -0.15) is 0 Å². The Bertz CT molecular complexity index is 637. The third-order valence-corrected chi connectivity index (χ3v) is 6.06. The molecule has 6 heteroatoms. The summed E-state index contributed by atoms with van der Waals surface area (Å²) in [4.78, 5) is 31.6. The third-order valence-electron chi connectivity index (χ3n) is 6.06. The first-order chi connectivity index (χ1) is 13.5. The first-order valence-corrected chi connectivity index (χ1v) is 10.6. The summed E-state index contributed by atoms with van der Waals surface area (Å²) in [6.07, 6.45) is 3.51. The van der Waals surface area contributed by atoms with Gasteiger partial charge in [-0.15, -0.1) is 0 Å². The molecule has 1 aromatic carbocycles. The summed E-state index contributed by atoms with van der Waals surface area (Å²) in [5.41, 5.74) is 1.11. The van der Waals surface area contributed by atoms with E-state index in [4.69, 9.17) is 0 Å². The molecule has 2 saturated heterocycles. The molecule has 0 unspecified atom stereocenters. The molecule has 0 aliphatic carbocycles. The number of nitrogens with zero attached hydrogens (tertiary/aromatic N) is 3. The highest BCUT2D eigenvalue weighted by Crippen LogP contribution is 2.14. The SMILES string of the molecule is C[C@H](C(=O)N[C@H](C)c1ccccc1)N1CCN(CC(=O)N2CCCCC2)CC1. The van der Waals surface area contributed by atoms with Gasteiger partial charge in [0.25, 0.3) is 0 Å². The van der Waals surface area contributed by atoms with Gasteiger partial charge in [-0.05, 0) is 38.7 Å². The van der Waals surface area contributed by atoms with Gasteiger partial charge in [0.2, 0.25) is 11.8 Å². The highest BCUT2D eigenvalue weighted by Gasteiger charge is 2.28. The smallest absolute Gasteiger partial charge is 0.237 e. The van der Waals surface area contributed by atoms with Gasteiger partial charge in [0, 0.05) is 39.3 Å². The van der Waals surface area contributed by atoms with Crippen LogP contribution in [0.2, 0.25) is 0 Å². The molecule has 2 heterocycles. The Morgan fingerprint density at radius 1 is 0.929 bits per heavy atom. The second-order valence-corrected chi connectivity index (χ2v) is 8.07. The van der Waals surface area contributed by atoms with Crippen molar-refractivity contribution in [2.45, 2.75) is 45.2 Å². The molecule has 2 aliphatic heterocycles. The number of carbonyl (C=O) groups excluding carboxylic acids is 2. The number of amides is 2. The number of nitrogens with one attached hydrogen (secondary N) is 1. The lowest BCUT2D eigenvalue weighted by molar-refractivity contribution is -0.134. The second kappa shape index (κ2) is 10.0. The van der Waals surface area contributed by atoms with Crippen LogP contribution >= 0.6 is 0 Å². The van der Waals surface area contributed by atoms with Crippen LogP contribution < -0.4 is 5.32 Å². The van der Waals surface area contributed by atoms with Crippen molar-refractivity contribution in [1.82, 2.24) is 20.0 Å². The zero-order valence-electron chi connectivity index (χ0n) is 17.3. The molecule has 0 spiro atoms. The monoisotopic (exact) mass is 386 g/mol. The minimum absolute atomic E-state index is 0.000367. The van der Waals surface area contributed by atoms with Crippen molar-refractivity contribution in [2.24, 2.45) is 0 Å². The largest absolute Gasteiger partial charge is 0.348 e. The molecule has 2 atom stereocenters. The van der Waals surface area contributed by atoms with E-state index in [1.807, 2.05) is 49.1 Å². The summed E-state index contributed by atoms with van der Waals surface area (Å²) in [6, 6.07) is 9.88. The Morgan fingerprint density at radius 3 is 2.21 bits per heavy atom. The Morgan fingerprint density at radius 2 is 1.57 bits per heavy atom. The van der Waals surface area contributed by atoms with Gasteiger partial charge in [0.15, 0.2) is 0 Å². The van der Waals surface area contributed by atoms with Crippen molar-refractivity contribution in [2.75, 3.05) is 45.8 Å². The summed E-state index contributed by atoms with van der Waals surface area (Å²) in [6.45, 7) is 9.65. The molecule has 0 saturated carbocycles. The Hall–Kier alpha value is -1.92. The van der Waals surface area contributed by atoms with E-state index in [0.29, 0.717) is 6.54 Å². The zero-order chi connectivity index (χ0) is 19.9. The lowest BCUT2D eigenvalue weighted by Crippen LogP contribution is -2.55. The molecule has 1 aromatic rings. The van der Waals surface area contributed by atoms with Gasteiger partial charge in [-0.3, -0.25) is 19.4 Å². The van der Waals surface area contributed by atoms with E-state index >= 15 is 0 Å². The summed E-state index contributed by atoms with van der Waals surface area (Å²) in [5.74, 6) is 0.324. The zero-order valence-corrected chi connectivity index (χ0v) is 17.3. The van der Waals surface area contributed by atoms with E-state index in [0.717, 1.165) is 57.7 Å². The maximum atomic E-state index is 12.7. The molecule has 0 radical (unpaired) electrons. The highest BCUT2D eigenvalue weighted by molar-refractivity contribution is 5.81. The van der Waals surface area contributed by atoms with Crippen LogP contribution in [0.5, 0.6) is 0 Å². The standard InChI is InChI=1S/C22H34N4O2/c1-18(20-9-5-3-6-10-20)23-22(28)19(2)25-15-13-24(14-16-25)17-21(27)26-11-7-4-8-12-26/h3,5-6,9-10,18-19H,4,7-8,11-17H2,1-2H3,(H,23,28)/t18-,19-/m1/s1. The molecule has 0 bridgehead atoms. The molecule has 154 valence electrons. The average Bonchev–Trinajstić information content (AvgIpc) is 2.75. The lowest BCUT2D eigenvalue weighted by Gasteiger charge is -2.38. The summed E-state index contributed by atoms with van der Waals surface area (Å²) >= 11 is 0. The fourth-order valence-electron chi connectivity index (χ4n) is 4.07. The summed E-state index contributed by atoms with van der Waals surface area (Å²) < 4.78 is 0. The Kier molecular flexibility index (Phi) is 7.45. The fraction of sp³-hybridized carbons (Fsp3) is 0.636. The number of rotatable bonds is 6. The lowest BCUT2D eigenvalue weighted by atomic mass is 10.1. The minimum Gasteiger partial charge on any atom is -0.348 e. The molecule has 2 amide bonds. The van der Waals surface area contributed by atoms with Crippen molar-refractivity contribution in [1.29, 1.82) is 0 Å². The van der Waals surface area contributed by atoms with Crippen LogP contribution in [0.25, 0.3) is 0 Å². The van der Waals surface area contributed by atoms with E-state index in [9.17, 15) is 9.59 Å². The number of hydrogen-bond donors (Lipinski definition) is 1. The van der Waals surface area contributed by atoms with Crippen molar-refractivity contribution in [3.63, 3.8) is 0 Å². The van der Waals surface area contributed by atoms with Gasteiger partial charge in [-0.25, -0.2) is 0 Å². The van der Waals surface area contributed by atoms with Gasteiger partial charge in [-0.1, -0.05) is 30.3 Å². The molecule has 2 fully saturated rings. The van der Waals surface area contributed by atoms with Crippen LogP contribution in [0.15, 0.2) is 30.3 Å². The van der Waals surface area contributed by atoms with Gasteiger partial charge < -0.3 is 10.2 Å². The molecule has 28 heavy (non-hydrogen) atoms. The van der Waals surface area contributed by atoms with E-state index in [-0.39, 0.29) is 23.9 Å². The van der Waals surface area contributed by atoms with Crippen LogP contribution in [-0.4, -0.2) is 78.4 Å². The maximum Gasteiger partial charge on any atom is 0.237 e. The molecular weight excluding hydrogens is 352 g/mol.